The third-order valence-corrected chi connectivity index (χ3v) is 4.38. The Kier molecular flexibility index (Phi) is 6.83. The van der Waals surface area contributed by atoms with Crippen molar-refractivity contribution in [1.82, 2.24) is 0 Å². The molecule has 0 unspecified atom stereocenters. The monoisotopic (exact) mass is 471 g/mol. The number of nitrogens with zero attached hydrogens (tertiary/aromatic N) is 1. The van der Waals surface area contributed by atoms with Crippen LogP contribution in [0.25, 0.3) is 0 Å². The van der Waals surface area contributed by atoms with Crippen LogP contribution in [0, 0.1) is 29.1 Å². The lowest BCUT2D eigenvalue weighted by Crippen LogP contribution is -2.50. The molecule has 32 heavy (non-hydrogen) atoms. The molecular formula is C19H13F8NO4. The number of amides is 1. The number of ether oxygens (including phenoxy) is 1. The quantitative estimate of drug-likeness (QED) is 0.310. The standard InChI is InChI=1S/C19H13F8NO4/c1-3-32-17(30)18(31,19(25,26)27)8-4-6-9(7-5-8)28(2)16(29)10-11(20)13(22)15(24)14(23)12(10)21/h4-7,31H,3H2,1-2H3/t18-/m1/s1. The van der Waals surface area contributed by atoms with Gasteiger partial charge in [-0.05, 0) is 19.1 Å². The molecule has 0 aliphatic rings. The smallest absolute Gasteiger partial charge is 0.432 e. The molecule has 0 radical (unpaired) electrons. The third-order valence-electron chi connectivity index (χ3n) is 4.38. The van der Waals surface area contributed by atoms with E-state index in [0.717, 1.165) is 19.2 Å². The fourth-order valence-electron chi connectivity index (χ4n) is 2.64. The maximum atomic E-state index is 13.9. The Hall–Kier alpha value is -3.22. The summed E-state index contributed by atoms with van der Waals surface area (Å²) in [6.45, 7) is 0.728. The van der Waals surface area contributed by atoms with Crippen molar-refractivity contribution in [2.45, 2.75) is 18.7 Å². The highest BCUT2D eigenvalue weighted by atomic mass is 19.4. The van der Waals surface area contributed by atoms with Gasteiger partial charge in [0, 0.05) is 18.3 Å². The van der Waals surface area contributed by atoms with Crippen LogP contribution in [0.15, 0.2) is 24.3 Å². The van der Waals surface area contributed by atoms with E-state index in [-0.39, 0.29) is 5.69 Å². The van der Waals surface area contributed by atoms with Gasteiger partial charge in [-0.25, -0.2) is 26.7 Å². The second kappa shape index (κ2) is 8.73. The van der Waals surface area contributed by atoms with Gasteiger partial charge in [-0.1, -0.05) is 12.1 Å². The van der Waals surface area contributed by atoms with E-state index in [1.807, 2.05) is 0 Å². The summed E-state index contributed by atoms with van der Waals surface area (Å²) in [5.74, 6) is -15.7. The number of rotatable bonds is 5. The first kappa shape index (κ1) is 25.0. The van der Waals surface area contributed by atoms with E-state index < -0.39 is 70.5 Å². The van der Waals surface area contributed by atoms with Crippen molar-refractivity contribution in [2.24, 2.45) is 0 Å². The molecule has 2 aromatic carbocycles. The lowest BCUT2D eigenvalue weighted by Gasteiger charge is -2.29. The van der Waals surface area contributed by atoms with Gasteiger partial charge in [0.25, 0.3) is 11.5 Å². The fraction of sp³-hybridized carbons (Fsp3) is 0.263. The summed E-state index contributed by atoms with van der Waals surface area (Å²) < 4.78 is 112. The van der Waals surface area contributed by atoms with Crippen molar-refractivity contribution in [3.8, 4) is 0 Å². The Bertz CT molecular complexity index is 1030. The molecule has 0 spiro atoms. The minimum absolute atomic E-state index is 0.365. The van der Waals surface area contributed by atoms with E-state index in [0.29, 0.717) is 17.0 Å². The summed E-state index contributed by atoms with van der Waals surface area (Å²) >= 11 is 0. The molecule has 5 nitrogen and oxygen atoms in total. The van der Waals surface area contributed by atoms with Crippen LogP contribution in [0.3, 0.4) is 0 Å². The van der Waals surface area contributed by atoms with Crippen LogP contribution >= 0.6 is 0 Å². The molecule has 2 rings (SSSR count). The van der Waals surface area contributed by atoms with Crippen LogP contribution in [0.5, 0.6) is 0 Å². The highest BCUT2D eigenvalue weighted by molar-refractivity contribution is 6.06. The summed E-state index contributed by atoms with van der Waals surface area (Å²) in [5.41, 5.74) is -7.22. The Morgan fingerprint density at radius 3 is 1.75 bits per heavy atom. The third kappa shape index (κ3) is 3.99. The topological polar surface area (TPSA) is 66.8 Å². The van der Waals surface area contributed by atoms with Gasteiger partial charge in [-0.3, -0.25) is 4.79 Å². The molecule has 0 saturated heterocycles. The van der Waals surface area contributed by atoms with Gasteiger partial charge in [-0.15, -0.1) is 0 Å². The van der Waals surface area contributed by atoms with Crippen LogP contribution in [-0.4, -0.2) is 36.8 Å². The zero-order chi connectivity index (χ0) is 24.6. The van der Waals surface area contributed by atoms with Crippen LogP contribution in [0.2, 0.25) is 0 Å². The van der Waals surface area contributed by atoms with Crippen molar-refractivity contribution >= 4 is 17.6 Å². The number of carbonyl (C=O) groups excluding carboxylic acids is 2. The van der Waals surface area contributed by atoms with Gasteiger partial charge >= 0.3 is 12.1 Å². The van der Waals surface area contributed by atoms with Crippen LogP contribution < -0.4 is 4.90 Å². The number of benzene rings is 2. The number of alkyl halides is 3. The number of hydrogen-bond acceptors (Lipinski definition) is 4. The highest BCUT2D eigenvalue weighted by Crippen LogP contribution is 2.40. The van der Waals surface area contributed by atoms with Crippen molar-refractivity contribution in [2.75, 3.05) is 18.6 Å². The molecule has 174 valence electrons. The largest absolute Gasteiger partial charge is 0.463 e. The van der Waals surface area contributed by atoms with Gasteiger partial charge < -0.3 is 14.7 Å². The second-order valence-electron chi connectivity index (χ2n) is 6.28. The van der Waals surface area contributed by atoms with E-state index in [9.17, 15) is 49.8 Å². The molecule has 13 heteroatoms. The summed E-state index contributed by atoms with van der Waals surface area (Å²) in [4.78, 5) is 24.5. The molecule has 1 N–H and O–H groups in total. The fourth-order valence-corrected chi connectivity index (χ4v) is 2.64. The zero-order valence-corrected chi connectivity index (χ0v) is 16.2. The molecular weight excluding hydrogens is 458 g/mol. The second-order valence-corrected chi connectivity index (χ2v) is 6.28. The van der Waals surface area contributed by atoms with Crippen molar-refractivity contribution in [1.29, 1.82) is 0 Å². The lowest BCUT2D eigenvalue weighted by molar-refractivity contribution is -0.267. The first-order valence-corrected chi connectivity index (χ1v) is 8.56. The molecule has 0 bridgehead atoms. The van der Waals surface area contributed by atoms with Gasteiger partial charge in [0.1, 0.15) is 5.56 Å². The van der Waals surface area contributed by atoms with Gasteiger partial charge in [0.05, 0.1) is 6.61 Å². The summed E-state index contributed by atoms with van der Waals surface area (Å²) in [6.07, 6.45) is -5.50. The van der Waals surface area contributed by atoms with Crippen molar-refractivity contribution in [3.63, 3.8) is 0 Å². The van der Waals surface area contributed by atoms with Gasteiger partial charge in [0.15, 0.2) is 23.3 Å². The predicted molar refractivity (Wildman–Crippen MR) is 92.0 cm³/mol. The molecule has 0 heterocycles. The van der Waals surface area contributed by atoms with Gasteiger partial charge in [0.2, 0.25) is 5.82 Å². The molecule has 0 fully saturated rings. The number of esters is 1. The zero-order valence-electron chi connectivity index (χ0n) is 16.2. The summed E-state index contributed by atoms with van der Waals surface area (Å²) in [5, 5.41) is 10.00. The minimum Gasteiger partial charge on any atom is -0.463 e. The summed E-state index contributed by atoms with van der Waals surface area (Å²) in [6, 6.07) is 2.63. The van der Waals surface area contributed by atoms with Crippen LogP contribution in [-0.2, 0) is 15.1 Å². The molecule has 1 amide bonds. The van der Waals surface area contributed by atoms with Crippen LogP contribution in [0.4, 0.5) is 40.8 Å². The normalized spacial score (nSPS) is 13.5. The Morgan fingerprint density at radius 1 is 0.906 bits per heavy atom. The number of anilines is 1. The molecule has 0 saturated carbocycles. The maximum Gasteiger partial charge on any atom is 0.432 e. The van der Waals surface area contributed by atoms with Crippen LogP contribution in [0.1, 0.15) is 22.8 Å². The Balaban J connectivity index is 2.48. The molecule has 0 aliphatic heterocycles. The maximum absolute atomic E-state index is 13.9. The predicted octanol–water partition coefficient (Wildman–Crippen LogP) is 3.97. The van der Waals surface area contributed by atoms with E-state index in [2.05, 4.69) is 4.74 Å². The molecule has 0 aliphatic carbocycles. The Labute approximate surface area is 174 Å². The minimum atomic E-state index is -5.50. The van der Waals surface area contributed by atoms with Crippen molar-refractivity contribution in [3.05, 3.63) is 64.5 Å². The molecule has 1 atom stereocenters. The highest BCUT2D eigenvalue weighted by Gasteiger charge is 2.62. The number of hydrogen-bond donors (Lipinski definition) is 1. The van der Waals surface area contributed by atoms with E-state index in [1.54, 1.807) is 0 Å². The number of carbonyl (C=O) groups is 2. The average Bonchev–Trinajstić information content (AvgIpc) is 2.74. The van der Waals surface area contributed by atoms with E-state index in [1.165, 1.54) is 6.92 Å². The van der Waals surface area contributed by atoms with Crippen molar-refractivity contribution < 1.29 is 54.6 Å². The number of aliphatic hydroxyl groups is 1. The molecule has 2 aromatic rings. The molecule has 0 aromatic heterocycles. The first-order chi connectivity index (χ1) is 14.7. The average molecular weight is 471 g/mol. The van der Waals surface area contributed by atoms with Gasteiger partial charge in [-0.2, -0.15) is 13.2 Å². The first-order valence-electron chi connectivity index (χ1n) is 8.56. The summed E-state index contributed by atoms with van der Waals surface area (Å²) in [7, 11) is 0.844. The number of halogens is 8. The lowest BCUT2D eigenvalue weighted by atomic mass is 9.93. The van der Waals surface area contributed by atoms with E-state index >= 15 is 0 Å². The van der Waals surface area contributed by atoms with E-state index in [4.69, 9.17) is 0 Å². The SMILES string of the molecule is CCOC(=O)[C@](O)(c1ccc(N(C)C(=O)c2c(F)c(F)c(F)c(F)c2F)cc1)C(F)(F)F. The Morgan fingerprint density at radius 2 is 1.34 bits per heavy atom.